The molecular weight excluding hydrogens is 302 g/mol. The lowest BCUT2D eigenvalue weighted by molar-refractivity contribution is 0.00755. The van der Waals surface area contributed by atoms with Gasteiger partial charge in [-0.25, -0.2) is 0 Å². The number of hydrogen-bond acceptors (Lipinski definition) is 8. The van der Waals surface area contributed by atoms with Crippen LogP contribution in [0.4, 0.5) is 0 Å². The Balaban J connectivity index is 1.93. The van der Waals surface area contributed by atoms with Crippen LogP contribution >= 0.6 is 0 Å². The van der Waals surface area contributed by atoms with Gasteiger partial charge in [0.25, 0.3) is 5.89 Å². The van der Waals surface area contributed by atoms with Gasteiger partial charge in [0.05, 0.1) is 27.9 Å². The third-order valence-corrected chi connectivity index (χ3v) is 3.57. The predicted octanol–water partition coefficient (Wildman–Crippen LogP) is 1.42. The van der Waals surface area contributed by atoms with E-state index in [-0.39, 0.29) is 6.10 Å². The van der Waals surface area contributed by atoms with E-state index in [1.807, 2.05) is 0 Å². The van der Waals surface area contributed by atoms with Gasteiger partial charge < -0.3 is 28.8 Å². The summed E-state index contributed by atoms with van der Waals surface area (Å²) in [6.07, 6.45) is -0.230. The number of morpholine rings is 1. The van der Waals surface area contributed by atoms with Gasteiger partial charge in [0.2, 0.25) is 11.6 Å². The van der Waals surface area contributed by atoms with Gasteiger partial charge >= 0.3 is 0 Å². The number of nitrogens with zero attached hydrogens (tertiary/aromatic N) is 2. The highest BCUT2D eigenvalue weighted by Gasteiger charge is 2.23. The Labute approximate surface area is 133 Å². The van der Waals surface area contributed by atoms with Crippen LogP contribution in [0.1, 0.15) is 12.0 Å². The van der Waals surface area contributed by atoms with Crippen LogP contribution in [0.25, 0.3) is 11.4 Å². The lowest BCUT2D eigenvalue weighted by Crippen LogP contribution is -2.33. The van der Waals surface area contributed by atoms with Crippen molar-refractivity contribution < 1.29 is 23.5 Å². The second-order valence-electron chi connectivity index (χ2n) is 4.93. The molecule has 23 heavy (non-hydrogen) atoms. The fourth-order valence-electron chi connectivity index (χ4n) is 2.42. The standard InChI is InChI=1S/C15H19N3O5/c1-19-10-6-9(7-11(20-2)13(10)21-3)14-17-15(23-18-14)12-8-16-4-5-22-12/h6-7,12,16H,4-5,8H2,1-3H3/t12-/m1/s1. The first-order valence-corrected chi connectivity index (χ1v) is 7.23. The van der Waals surface area contributed by atoms with Gasteiger partial charge in [0.1, 0.15) is 6.10 Å². The van der Waals surface area contributed by atoms with E-state index in [0.717, 1.165) is 6.54 Å². The molecule has 1 aliphatic rings. The van der Waals surface area contributed by atoms with Crippen LogP contribution < -0.4 is 19.5 Å². The van der Waals surface area contributed by atoms with E-state index >= 15 is 0 Å². The summed E-state index contributed by atoms with van der Waals surface area (Å²) in [4.78, 5) is 4.42. The Kier molecular flexibility index (Phi) is 4.63. The Bertz CT molecular complexity index is 642. The summed E-state index contributed by atoms with van der Waals surface area (Å²) in [5.74, 6) is 2.46. The molecule has 0 spiro atoms. The van der Waals surface area contributed by atoms with Crippen molar-refractivity contribution in [2.75, 3.05) is 41.0 Å². The van der Waals surface area contributed by atoms with Crippen molar-refractivity contribution in [1.29, 1.82) is 0 Å². The Morgan fingerprint density at radius 3 is 2.43 bits per heavy atom. The molecule has 8 heteroatoms. The number of benzene rings is 1. The van der Waals surface area contributed by atoms with Crippen molar-refractivity contribution >= 4 is 0 Å². The Morgan fingerprint density at radius 2 is 1.87 bits per heavy atom. The average Bonchev–Trinajstić information content (AvgIpc) is 3.11. The van der Waals surface area contributed by atoms with Crippen molar-refractivity contribution in [2.45, 2.75) is 6.10 Å². The van der Waals surface area contributed by atoms with E-state index in [1.54, 1.807) is 33.5 Å². The first-order chi connectivity index (χ1) is 11.3. The highest BCUT2D eigenvalue weighted by atomic mass is 16.5. The van der Waals surface area contributed by atoms with Crippen LogP contribution in [0.3, 0.4) is 0 Å². The molecule has 1 aromatic heterocycles. The zero-order valence-electron chi connectivity index (χ0n) is 13.3. The van der Waals surface area contributed by atoms with Gasteiger partial charge in [0, 0.05) is 18.7 Å². The van der Waals surface area contributed by atoms with Crippen molar-refractivity contribution in [3.63, 3.8) is 0 Å². The van der Waals surface area contributed by atoms with Gasteiger partial charge in [-0.1, -0.05) is 5.16 Å². The maximum Gasteiger partial charge on any atom is 0.257 e. The second kappa shape index (κ2) is 6.84. The summed E-state index contributed by atoms with van der Waals surface area (Å²) in [7, 11) is 4.68. The van der Waals surface area contributed by atoms with Crippen LogP contribution in [-0.4, -0.2) is 51.2 Å². The maximum absolute atomic E-state index is 5.61. The van der Waals surface area contributed by atoms with E-state index in [4.69, 9.17) is 23.5 Å². The van der Waals surface area contributed by atoms with Crippen LogP contribution in [0, 0.1) is 0 Å². The predicted molar refractivity (Wildman–Crippen MR) is 81.0 cm³/mol. The first-order valence-electron chi connectivity index (χ1n) is 7.23. The van der Waals surface area contributed by atoms with Crippen LogP contribution in [0.2, 0.25) is 0 Å². The molecule has 0 bridgehead atoms. The normalized spacial score (nSPS) is 17.8. The number of nitrogens with one attached hydrogen (secondary N) is 1. The van der Waals surface area contributed by atoms with Crippen LogP contribution in [-0.2, 0) is 4.74 Å². The van der Waals surface area contributed by atoms with Crippen molar-refractivity contribution in [3.8, 4) is 28.6 Å². The lowest BCUT2D eigenvalue weighted by Gasteiger charge is -2.19. The van der Waals surface area contributed by atoms with E-state index in [9.17, 15) is 0 Å². The smallest absolute Gasteiger partial charge is 0.257 e. The minimum atomic E-state index is -0.230. The third-order valence-electron chi connectivity index (χ3n) is 3.57. The topological polar surface area (TPSA) is 87.9 Å². The van der Waals surface area contributed by atoms with Gasteiger partial charge in [-0.05, 0) is 12.1 Å². The molecule has 1 aliphatic heterocycles. The molecule has 1 fully saturated rings. The first kappa shape index (κ1) is 15.6. The third kappa shape index (κ3) is 3.08. The van der Waals surface area contributed by atoms with Crippen molar-refractivity contribution in [2.24, 2.45) is 0 Å². The minimum absolute atomic E-state index is 0.230. The Morgan fingerprint density at radius 1 is 1.13 bits per heavy atom. The minimum Gasteiger partial charge on any atom is -0.493 e. The fraction of sp³-hybridized carbons (Fsp3) is 0.467. The summed E-state index contributed by atoms with van der Waals surface area (Å²) in [5.41, 5.74) is 0.707. The van der Waals surface area contributed by atoms with Gasteiger partial charge in [-0.3, -0.25) is 0 Å². The average molecular weight is 321 g/mol. The molecule has 124 valence electrons. The van der Waals surface area contributed by atoms with Crippen molar-refractivity contribution in [3.05, 3.63) is 18.0 Å². The molecule has 3 rings (SSSR count). The summed E-state index contributed by atoms with van der Waals surface area (Å²) in [6, 6.07) is 3.55. The molecule has 0 amide bonds. The molecule has 1 N–H and O–H groups in total. The molecule has 0 unspecified atom stereocenters. The van der Waals surface area contributed by atoms with E-state index in [0.29, 0.717) is 47.7 Å². The van der Waals surface area contributed by atoms with E-state index < -0.39 is 0 Å². The lowest BCUT2D eigenvalue weighted by atomic mass is 10.1. The summed E-state index contributed by atoms with van der Waals surface area (Å²) < 4.78 is 26.9. The largest absolute Gasteiger partial charge is 0.493 e. The van der Waals surface area contributed by atoms with E-state index in [1.165, 1.54) is 0 Å². The zero-order valence-corrected chi connectivity index (χ0v) is 13.3. The van der Waals surface area contributed by atoms with E-state index in [2.05, 4.69) is 15.5 Å². The Hall–Kier alpha value is -2.32. The molecule has 0 aliphatic carbocycles. The number of rotatable bonds is 5. The molecule has 8 nitrogen and oxygen atoms in total. The van der Waals surface area contributed by atoms with Gasteiger partial charge in [0.15, 0.2) is 11.5 Å². The molecule has 1 atom stereocenters. The van der Waals surface area contributed by atoms with Gasteiger partial charge in [-0.2, -0.15) is 4.98 Å². The van der Waals surface area contributed by atoms with Crippen LogP contribution in [0.5, 0.6) is 17.2 Å². The zero-order chi connectivity index (χ0) is 16.2. The molecule has 0 radical (unpaired) electrons. The SMILES string of the molecule is COc1cc(-c2noc([C@H]3CNCCO3)n2)cc(OC)c1OC. The highest BCUT2D eigenvalue weighted by molar-refractivity contribution is 5.66. The number of methoxy groups -OCH3 is 3. The monoisotopic (exact) mass is 321 g/mol. The summed E-state index contributed by atoms with van der Waals surface area (Å²) in [6.45, 7) is 2.09. The number of hydrogen-bond donors (Lipinski definition) is 1. The fourth-order valence-corrected chi connectivity index (χ4v) is 2.42. The molecule has 2 aromatic rings. The quantitative estimate of drug-likeness (QED) is 0.885. The molecule has 1 aromatic carbocycles. The molecule has 1 saturated heterocycles. The highest BCUT2D eigenvalue weighted by Crippen LogP contribution is 2.40. The van der Waals surface area contributed by atoms with Crippen LogP contribution in [0.15, 0.2) is 16.7 Å². The summed E-state index contributed by atoms with van der Waals surface area (Å²) >= 11 is 0. The van der Waals surface area contributed by atoms with Crippen molar-refractivity contribution in [1.82, 2.24) is 15.5 Å². The molecule has 0 saturated carbocycles. The number of ether oxygens (including phenoxy) is 4. The maximum atomic E-state index is 5.61. The van der Waals surface area contributed by atoms with Gasteiger partial charge in [-0.15, -0.1) is 0 Å². The second-order valence-corrected chi connectivity index (χ2v) is 4.93. The number of aromatic nitrogens is 2. The summed E-state index contributed by atoms with van der Waals surface area (Å²) in [5, 5.41) is 7.25. The molecular formula is C15H19N3O5. The molecule has 2 heterocycles.